The van der Waals surface area contributed by atoms with Crippen molar-refractivity contribution in [2.24, 2.45) is 0 Å². The standard InChI is InChI=1S/C17H19N3/c1-13(2)20(12-15-7-5-4-6-8-15)17-16(11-18)14(3)9-10-19-17/h4-10,13H,12H2,1-3H3. The first-order valence-electron chi connectivity index (χ1n) is 6.79. The van der Waals surface area contributed by atoms with Crippen LogP contribution >= 0.6 is 0 Å². The van der Waals surface area contributed by atoms with Crippen molar-refractivity contribution in [2.45, 2.75) is 33.4 Å². The molecule has 0 amide bonds. The van der Waals surface area contributed by atoms with Crippen LogP contribution in [0.25, 0.3) is 0 Å². The average Bonchev–Trinajstić information content (AvgIpc) is 2.45. The summed E-state index contributed by atoms with van der Waals surface area (Å²) < 4.78 is 0. The molecule has 1 aromatic heterocycles. The first-order chi connectivity index (χ1) is 9.63. The van der Waals surface area contributed by atoms with Crippen LogP contribution in [0.5, 0.6) is 0 Å². The molecule has 0 aliphatic rings. The van der Waals surface area contributed by atoms with E-state index in [1.165, 1.54) is 5.56 Å². The van der Waals surface area contributed by atoms with Gasteiger partial charge in [-0.25, -0.2) is 4.98 Å². The van der Waals surface area contributed by atoms with Gasteiger partial charge >= 0.3 is 0 Å². The summed E-state index contributed by atoms with van der Waals surface area (Å²) in [6.45, 7) is 6.94. The highest BCUT2D eigenvalue weighted by molar-refractivity contribution is 5.57. The van der Waals surface area contributed by atoms with Gasteiger partial charge in [-0.2, -0.15) is 5.26 Å². The van der Waals surface area contributed by atoms with Gasteiger partial charge in [0.1, 0.15) is 11.9 Å². The Bertz CT molecular complexity index is 612. The third-order valence-electron chi connectivity index (χ3n) is 3.34. The topological polar surface area (TPSA) is 39.9 Å². The molecule has 1 aromatic carbocycles. The molecule has 102 valence electrons. The number of rotatable bonds is 4. The molecule has 0 bridgehead atoms. The maximum atomic E-state index is 9.38. The summed E-state index contributed by atoms with van der Waals surface area (Å²) in [5.74, 6) is 0.770. The summed E-state index contributed by atoms with van der Waals surface area (Å²) >= 11 is 0. The Morgan fingerprint density at radius 1 is 1.20 bits per heavy atom. The minimum Gasteiger partial charge on any atom is -0.349 e. The monoisotopic (exact) mass is 265 g/mol. The fourth-order valence-corrected chi connectivity index (χ4v) is 2.18. The van der Waals surface area contributed by atoms with Gasteiger partial charge in [0.2, 0.25) is 0 Å². The first-order valence-corrected chi connectivity index (χ1v) is 6.79. The molecule has 0 fully saturated rings. The Labute approximate surface area is 120 Å². The van der Waals surface area contributed by atoms with Crippen molar-refractivity contribution in [3.63, 3.8) is 0 Å². The lowest BCUT2D eigenvalue weighted by atomic mass is 10.1. The van der Waals surface area contributed by atoms with Gasteiger partial charge < -0.3 is 4.90 Å². The first kappa shape index (κ1) is 14.1. The molecule has 2 rings (SSSR count). The van der Waals surface area contributed by atoms with Crippen LogP contribution in [-0.4, -0.2) is 11.0 Å². The largest absolute Gasteiger partial charge is 0.349 e. The van der Waals surface area contributed by atoms with Crippen LogP contribution in [0.1, 0.15) is 30.5 Å². The van der Waals surface area contributed by atoms with Crippen molar-refractivity contribution in [2.75, 3.05) is 4.90 Å². The quantitative estimate of drug-likeness (QED) is 0.846. The van der Waals surface area contributed by atoms with Gasteiger partial charge in [0, 0.05) is 18.8 Å². The number of aromatic nitrogens is 1. The van der Waals surface area contributed by atoms with Gasteiger partial charge in [0.05, 0.1) is 5.56 Å². The van der Waals surface area contributed by atoms with Crippen LogP contribution in [0.4, 0.5) is 5.82 Å². The van der Waals surface area contributed by atoms with E-state index in [2.05, 4.69) is 41.9 Å². The van der Waals surface area contributed by atoms with E-state index in [0.717, 1.165) is 17.9 Å². The highest BCUT2D eigenvalue weighted by Crippen LogP contribution is 2.23. The minimum absolute atomic E-state index is 0.275. The van der Waals surface area contributed by atoms with Crippen LogP contribution in [0.2, 0.25) is 0 Å². The molecule has 0 atom stereocenters. The lowest BCUT2D eigenvalue weighted by molar-refractivity contribution is 0.671. The van der Waals surface area contributed by atoms with Crippen LogP contribution in [0.15, 0.2) is 42.6 Å². The molecule has 3 heteroatoms. The van der Waals surface area contributed by atoms with Gasteiger partial charge in [-0.05, 0) is 38.0 Å². The van der Waals surface area contributed by atoms with E-state index >= 15 is 0 Å². The van der Waals surface area contributed by atoms with Crippen molar-refractivity contribution in [1.82, 2.24) is 4.98 Å². The van der Waals surface area contributed by atoms with Gasteiger partial charge in [0.15, 0.2) is 0 Å². The summed E-state index contributed by atoms with van der Waals surface area (Å²) in [5, 5.41) is 9.38. The molecule has 2 aromatic rings. The zero-order chi connectivity index (χ0) is 14.5. The SMILES string of the molecule is Cc1ccnc(N(Cc2ccccc2)C(C)C)c1C#N. The summed E-state index contributed by atoms with van der Waals surface area (Å²) in [6, 6.07) is 14.7. The minimum atomic E-state index is 0.275. The lowest BCUT2D eigenvalue weighted by Crippen LogP contribution is -2.31. The normalized spacial score (nSPS) is 10.3. The van der Waals surface area contributed by atoms with Crippen molar-refractivity contribution in [3.8, 4) is 6.07 Å². The predicted molar refractivity (Wildman–Crippen MR) is 81.5 cm³/mol. The molecule has 0 saturated carbocycles. The lowest BCUT2D eigenvalue weighted by Gasteiger charge is -2.29. The number of benzene rings is 1. The van der Waals surface area contributed by atoms with E-state index in [1.807, 2.05) is 31.2 Å². The van der Waals surface area contributed by atoms with Gasteiger partial charge in [-0.15, -0.1) is 0 Å². The predicted octanol–water partition coefficient (Wildman–Crippen LogP) is 3.68. The fourth-order valence-electron chi connectivity index (χ4n) is 2.18. The Balaban J connectivity index is 2.40. The third-order valence-corrected chi connectivity index (χ3v) is 3.34. The summed E-state index contributed by atoms with van der Waals surface area (Å²) in [5.41, 5.74) is 2.85. The summed E-state index contributed by atoms with van der Waals surface area (Å²) in [4.78, 5) is 6.60. The maximum Gasteiger partial charge on any atom is 0.147 e. The molecule has 0 radical (unpaired) electrons. The van der Waals surface area contributed by atoms with E-state index in [9.17, 15) is 5.26 Å². The Morgan fingerprint density at radius 3 is 2.50 bits per heavy atom. The second-order valence-corrected chi connectivity index (χ2v) is 5.15. The molecule has 0 aliphatic carbocycles. The molecule has 0 spiro atoms. The molecule has 0 saturated heterocycles. The van der Waals surface area contributed by atoms with Gasteiger partial charge in [-0.3, -0.25) is 0 Å². The molecule has 0 N–H and O–H groups in total. The molecule has 0 aliphatic heterocycles. The van der Waals surface area contributed by atoms with E-state index in [0.29, 0.717) is 5.56 Å². The molecule has 3 nitrogen and oxygen atoms in total. The number of nitrogens with zero attached hydrogens (tertiary/aromatic N) is 3. The van der Waals surface area contributed by atoms with Crippen LogP contribution < -0.4 is 4.90 Å². The number of pyridine rings is 1. The Morgan fingerprint density at radius 2 is 1.90 bits per heavy atom. The molecular weight excluding hydrogens is 246 g/mol. The molecule has 20 heavy (non-hydrogen) atoms. The van der Waals surface area contributed by atoms with E-state index in [-0.39, 0.29) is 6.04 Å². The van der Waals surface area contributed by atoms with E-state index < -0.39 is 0 Å². The fraction of sp³-hybridized carbons (Fsp3) is 0.294. The van der Waals surface area contributed by atoms with Crippen molar-refractivity contribution >= 4 is 5.82 Å². The average molecular weight is 265 g/mol. The van der Waals surface area contributed by atoms with Crippen molar-refractivity contribution < 1.29 is 0 Å². The second-order valence-electron chi connectivity index (χ2n) is 5.15. The second kappa shape index (κ2) is 6.21. The van der Waals surface area contributed by atoms with Gasteiger partial charge in [-0.1, -0.05) is 30.3 Å². The highest BCUT2D eigenvalue weighted by Gasteiger charge is 2.17. The zero-order valence-electron chi connectivity index (χ0n) is 12.2. The van der Waals surface area contributed by atoms with Crippen molar-refractivity contribution in [3.05, 3.63) is 59.3 Å². The zero-order valence-corrected chi connectivity index (χ0v) is 12.2. The summed E-state index contributed by atoms with van der Waals surface area (Å²) in [7, 11) is 0. The number of nitriles is 1. The molecule has 0 unspecified atom stereocenters. The highest BCUT2D eigenvalue weighted by atomic mass is 15.2. The van der Waals surface area contributed by atoms with Crippen LogP contribution in [0.3, 0.4) is 0 Å². The Hall–Kier alpha value is -2.34. The van der Waals surface area contributed by atoms with E-state index in [4.69, 9.17) is 0 Å². The summed E-state index contributed by atoms with van der Waals surface area (Å²) in [6.07, 6.45) is 1.77. The smallest absolute Gasteiger partial charge is 0.147 e. The third kappa shape index (κ3) is 2.97. The number of hydrogen-bond donors (Lipinski definition) is 0. The van der Waals surface area contributed by atoms with Crippen LogP contribution in [0, 0.1) is 18.3 Å². The Kier molecular flexibility index (Phi) is 4.37. The number of aryl methyl sites for hydroxylation is 1. The maximum absolute atomic E-state index is 9.38. The number of hydrogen-bond acceptors (Lipinski definition) is 3. The van der Waals surface area contributed by atoms with E-state index in [1.54, 1.807) is 6.20 Å². The molecular formula is C17H19N3. The van der Waals surface area contributed by atoms with Crippen LogP contribution in [-0.2, 0) is 6.54 Å². The van der Waals surface area contributed by atoms with Crippen molar-refractivity contribution in [1.29, 1.82) is 5.26 Å². The number of anilines is 1. The van der Waals surface area contributed by atoms with Gasteiger partial charge in [0.25, 0.3) is 0 Å². The molecule has 1 heterocycles.